The van der Waals surface area contributed by atoms with Crippen molar-refractivity contribution in [2.45, 2.75) is 6.42 Å². The third kappa shape index (κ3) is 4.64. The van der Waals surface area contributed by atoms with Crippen LogP contribution in [0.1, 0.15) is 16.8 Å². The fourth-order valence-corrected chi connectivity index (χ4v) is 4.44. The highest BCUT2D eigenvalue weighted by molar-refractivity contribution is 7.22. The summed E-state index contributed by atoms with van der Waals surface area (Å²) < 4.78 is 6.38. The van der Waals surface area contributed by atoms with E-state index in [9.17, 15) is 14.9 Å². The van der Waals surface area contributed by atoms with E-state index in [1.807, 2.05) is 24.3 Å². The van der Waals surface area contributed by atoms with Gasteiger partial charge in [0, 0.05) is 43.9 Å². The molecule has 2 aromatic carbocycles. The first-order valence-electron chi connectivity index (χ1n) is 9.84. The van der Waals surface area contributed by atoms with Gasteiger partial charge in [0.2, 0.25) is 0 Å². The summed E-state index contributed by atoms with van der Waals surface area (Å²) in [4.78, 5) is 32.6. The van der Waals surface area contributed by atoms with Gasteiger partial charge in [-0.1, -0.05) is 29.5 Å². The van der Waals surface area contributed by atoms with Crippen molar-refractivity contribution >= 4 is 38.3 Å². The smallest absolute Gasteiger partial charge is 0.270 e. The molecule has 8 nitrogen and oxygen atoms in total. The molecule has 0 saturated carbocycles. The second-order valence-electron chi connectivity index (χ2n) is 7.04. The van der Waals surface area contributed by atoms with Crippen molar-refractivity contribution < 1.29 is 14.5 Å². The lowest BCUT2D eigenvalue weighted by Gasteiger charge is -2.27. The van der Waals surface area contributed by atoms with Crippen molar-refractivity contribution in [2.24, 2.45) is 0 Å². The molecule has 0 aliphatic carbocycles. The molecule has 0 unspecified atom stereocenters. The number of nitro benzene ring substituents is 1. The molecule has 0 radical (unpaired) electrons. The molecule has 0 spiro atoms. The Kier molecular flexibility index (Phi) is 6.32. The van der Waals surface area contributed by atoms with Gasteiger partial charge in [-0.3, -0.25) is 24.7 Å². The highest BCUT2D eigenvalue weighted by atomic mass is 32.1. The Morgan fingerprint density at radius 1 is 1.20 bits per heavy atom. The Morgan fingerprint density at radius 3 is 2.77 bits per heavy atom. The number of ether oxygens (including phenoxy) is 1. The number of benzene rings is 2. The number of carbonyl (C=O) groups is 1. The number of rotatable bonds is 7. The van der Waals surface area contributed by atoms with Crippen molar-refractivity contribution in [3.8, 4) is 0 Å². The maximum atomic E-state index is 13.3. The van der Waals surface area contributed by atoms with Crippen molar-refractivity contribution in [2.75, 3.05) is 44.3 Å². The van der Waals surface area contributed by atoms with E-state index in [-0.39, 0.29) is 17.2 Å². The summed E-state index contributed by atoms with van der Waals surface area (Å²) in [6, 6.07) is 13.6. The number of carbonyl (C=O) groups excluding carboxylic acids is 1. The molecule has 30 heavy (non-hydrogen) atoms. The Hall–Kier alpha value is -2.88. The number of non-ortho nitro benzene ring substituents is 1. The van der Waals surface area contributed by atoms with E-state index in [1.54, 1.807) is 11.0 Å². The van der Waals surface area contributed by atoms with Crippen LogP contribution in [0.25, 0.3) is 10.2 Å². The van der Waals surface area contributed by atoms with Gasteiger partial charge in [-0.05, 0) is 24.6 Å². The number of fused-ring (bicyclic) bond motifs is 1. The first kappa shape index (κ1) is 20.4. The molecule has 1 saturated heterocycles. The number of anilines is 1. The number of para-hydroxylation sites is 1. The molecule has 156 valence electrons. The Balaban J connectivity index is 1.58. The van der Waals surface area contributed by atoms with Gasteiger partial charge in [-0.2, -0.15) is 0 Å². The minimum atomic E-state index is -0.489. The average Bonchev–Trinajstić information content (AvgIpc) is 3.21. The Bertz CT molecular complexity index is 1020. The first-order valence-corrected chi connectivity index (χ1v) is 10.7. The molecular weight excluding hydrogens is 404 g/mol. The zero-order valence-corrected chi connectivity index (χ0v) is 17.2. The molecule has 1 aliphatic rings. The lowest BCUT2D eigenvalue weighted by atomic mass is 10.1. The number of nitrogens with zero attached hydrogens (tertiary/aromatic N) is 4. The topological polar surface area (TPSA) is 88.8 Å². The number of morpholine rings is 1. The van der Waals surface area contributed by atoms with Gasteiger partial charge in [0.05, 0.1) is 28.4 Å². The van der Waals surface area contributed by atoms with E-state index in [4.69, 9.17) is 4.74 Å². The molecule has 0 bridgehead atoms. The molecular formula is C21H22N4O4S. The summed E-state index contributed by atoms with van der Waals surface area (Å²) in [7, 11) is 0. The average molecular weight is 426 g/mol. The fourth-order valence-electron chi connectivity index (χ4n) is 3.45. The summed E-state index contributed by atoms with van der Waals surface area (Å²) in [6.45, 7) is 4.58. The number of aromatic nitrogens is 1. The van der Waals surface area contributed by atoms with Gasteiger partial charge in [0.15, 0.2) is 5.13 Å². The maximum absolute atomic E-state index is 13.3. The maximum Gasteiger partial charge on any atom is 0.270 e. The van der Waals surface area contributed by atoms with E-state index >= 15 is 0 Å². The molecule has 0 N–H and O–H groups in total. The fraction of sp³-hybridized carbons (Fsp3) is 0.333. The van der Waals surface area contributed by atoms with Crippen LogP contribution in [-0.4, -0.2) is 60.1 Å². The van der Waals surface area contributed by atoms with Crippen LogP contribution in [0.2, 0.25) is 0 Å². The quantitative estimate of drug-likeness (QED) is 0.424. The summed E-state index contributed by atoms with van der Waals surface area (Å²) in [5, 5.41) is 11.7. The van der Waals surface area contributed by atoms with Crippen molar-refractivity contribution in [3.05, 3.63) is 64.2 Å². The third-order valence-electron chi connectivity index (χ3n) is 5.02. The van der Waals surface area contributed by atoms with Crippen LogP contribution in [-0.2, 0) is 4.74 Å². The largest absolute Gasteiger partial charge is 0.379 e. The number of amides is 1. The van der Waals surface area contributed by atoms with Gasteiger partial charge >= 0.3 is 0 Å². The number of thiazole rings is 1. The predicted molar refractivity (Wildman–Crippen MR) is 116 cm³/mol. The zero-order chi connectivity index (χ0) is 20.9. The van der Waals surface area contributed by atoms with E-state index < -0.39 is 4.92 Å². The Morgan fingerprint density at radius 2 is 2.00 bits per heavy atom. The highest BCUT2D eigenvalue weighted by Gasteiger charge is 2.23. The van der Waals surface area contributed by atoms with Crippen molar-refractivity contribution in [1.82, 2.24) is 9.88 Å². The van der Waals surface area contributed by atoms with Gasteiger partial charge in [0.1, 0.15) is 0 Å². The molecule has 3 aromatic rings. The van der Waals surface area contributed by atoms with Gasteiger partial charge in [-0.25, -0.2) is 4.98 Å². The second kappa shape index (κ2) is 9.29. The molecule has 2 heterocycles. The molecule has 1 aliphatic heterocycles. The molecule has 1 amide bonds. The van der Waals surface area contributed by atoms with Crippen LogP contribution >= 0.6 is 11.3 Å². The standard InChI is InChI=1S/C21H22N4O4S/c26-20(16-5-3-6-17(15-16)25(27)28)24(10-4-9-23-11-13-29-14-12-23)21-22-18-7-1-2-8-19(18)30-21/h1-3,5-8,15H,4,9-14H2. The second-order valence-corrected chi connectivity index (χ2v) is 8.05. The number of hydrogen-bond acceptors (Lipinski definition) is 7. The minimum Gasteiger partial charge on any atom is -0.379 e. The monoisotopic (exact) mass is 426 g/mol. The molecule has 0 atom stereocenters. The van der Waals surface area contributed by atoms with Crippen molar-refractivity contribution in [3.63, 3.8) is 0 Å². The Labute approximate surface area is 177 Å². The van der Waals surface area contributed by atoms with Crippen LogP contribution in [0.15, 0.2) is 48.5 Å². The van der Waals surface area contributed by atoms with Crippen LogP contribution < -0.4 is 4.90 Å². The third-order valence-corrected chi connectivity index (χ3v) is 6.08. The van der Waals surface area contributed by atoms with Crippen LogP contribution in [0.3, 0.4) is 0 Å². The SMILES string of the molecule is O=C(c1cccc([N+](=O)[O-])c1)N(CCCN1CCOCC1)c1nc2ccccc2s1. The van der Waals surface area contributed by atoms with E-state index in [2.05, 4.69) is 9.88 Å². The first-order chi connectivity index (χ1) is 14.6. The van der Waals surface area contributed by atoms with Crippen LogP contribution in [0, 0.1) is 10.1 Å². The van der Waals surface area contributed by atoms with Gasteiger partial charge < -0.3 is 4.74 Å². The van der Waals surface area contributed by atoms with Gasteiger partial charge in [0.25, 0.3) is 11.6 Å². The van der Waals surface area contributed by atoms with Gasteiger partial charge in [-0.15, -0.1) is 0 Å². The summed E-state index contributed by atoms with van der Waals surface area (Å²) in [5.41, 5.74) is 1.02. The van der Waals surface area contributed by atoms with Crippen LogP contribution in [0.5, 0.6) is 0 Å². The molecule has 1 aromatic heterocycles. The zero-order valence-electron chi connectivity index (χ0n) is 16.4. The number of hydrogen-bond donors (Lipinski definition) is 0. The normalized spacial score (nSPS) is 14.7. The number of nitro groups is 1. The minimum absolute atomic E-state index is 0.0987. The van der Waals surface area contributed by atoms with Crippen LogP contribution in [0.4, 0.5) is 10.8 Å². The van der Waals surface area contributed by atoms with Crippen molar-refractivity contribution in [1.29, 1.82) is 0 Å². The lowest BCUT2D eigenvalue weighted by molar-refractivity contribution is -0.384. The summed E-state index contributed by atoms with van der Waals surface area (Å²) in [5.74, 6) is -0.278. The summed E-state index contributed by atoms with van der Waals surface area (Å²) >= 11 is 1.45. The van der Waals surface area contributed by atoms with E-state index in [0.29, 0.717) is 11.7 Å². The molecule has 9 heteroatoms. The molecule has 4 rings (SSSR count). The van der Waals surface area contributed by atoms with E-state index in [1.165, 1.54) is 29.5 Å². The summed E-state index contributed by atoms with van der Waals surface area (Å²) in [6.07, 6.45) is 0.774. The highest BCUT2D eigenvalue weighted by Crippen LogP contribution is 2.30. The predicted octanol–water partition coefficient (Wildman–Crippen LogP) is 3.57. The molecule has 1 fully saturated rings. The lowest BCUT2D eigenvalue weighted by Crippen LogP contribution is -2.39. The van der Waals surface area contributed by atoms with E-state index in [0.717, 1.165) is 49.5 Å².